The molecule has 6 nitrogen and oxygen atoms in total. The van der Waals surface area contributed by atoms with E-state index in [9.17, 15) is 4.79 Å². The van der Waals surface area contributed by atoms with Crippen LogP contribution in [0.2, 0.25) is 0 Å². The molecule has 0 unspecified atom stereocenters. The number of nitrogens with one attached hydrogen (secondary N) is 1. The molecule has 0 atom stereocenters. The normalized spacial score (nSPS) is 11.9. The van der Waals surface area contributed by atoms with Crippen molar-refractivity contribution in [2.45, 2.75) is 33.1 Å². The summed E-state index contributed by atoms with van der Waals surface area (Å²) in [7, 11) is 0. The highest BCUT2D eigenvalue weighted by Gasteiger charge is 2.24. The highest BCUT2D eigenvalue weighted by atomic mass is 16.5. The number of hydrogen-bond acceptors (Lipinski definition) is 6. The maximum atomic E-state index is 12.3. The summed E-state index contributed by atoms with van der Waals surface area (Å²) in [5.41, 5.74) is 4.01. The zero-order chi connectivity index (χ0) is 17.0. The number of nitriles is 1. The lowest BCUT2D eigenvalue weighted by molar-refractivity contribution is 0.105. The van der Waals surface area contributed by atoms with Crippen molar-refractivity contribution < 1.29 is 9.32 Å². The Balaban J connectivity index is 2.18. The zero-order valence-electron chi connectivity index (χ0n) is 13.5. The molecule has 0 aliphatic rings. The number of aromatic nitrogens is 1. The molecule has 0 spiro atoms. The van der Waals surface area contributed by atoms with Crippen molar-refractivity contribution in [3.8, 4) is 6.07 Å². The summed E-state index contributed by atoms with van der Waals surface area (Å²) in [4.78, 5) is 12.3. The van der Waals surface area contributed by atoms with Gasteiger partial charge in [0, 0.05) is 11.5 Å². The van der Waals surface area contributed by atoms with Gasteiger partial charge in [-0.2, -0.15) is 10.4 Å². The zero-order valence-corrected chi connectivity index (χ0v) is 13.5. The number of ketones is 1. The number of Topliss-reactive ketones (excluding diaryl/α,β-unsaturated/α-hetero) is 1. The Morgan fingerprint density at radius 1 is 1.30 bits per heavy atom. The minimum atomic E-state index is -0.577. The van der Waals surface area contributed by atoms with Crippen LogP contribution >= 0.6 is 0 Å². The van der Waals surface area contributed by atoms with E-state index in [4.69, 9.17) is 9.78 Å². The summed E-state index contributed by atoms with van der Waals surface area (Å²) in [5.74, 6) is -0.00371. The third-order valence-electron chi connectivity index (χ3n) is 3.15. The number of benzene rings is 1. The summed E-state index contributed by atoms with van der Waals surface area (Å²) in [6, 6.07) is 10.8. The van der Waals surface area contributed by atoms with Crippen LogP contribution < -0.4 is 5.43 Å². The molecule has 23 heavy (non-hydrogen) atoms. The highest BCUT2D eigenvalue weighted by molar-refractivity contribution is 6.51. The van der Waals surface area contributed by atoms with Crippen LogP contribution in [0.5, 0.6) is 0 Å². The van der Waals surface area contributed by atoms with Crippen molar-refractivity contribution in [1.82, 2.24) is 5.16 Å². The van der Waals surface area contributed by atoms with Crippen LogP contribution in [0, 0.1) is 18.3 Å². The van der Waals surface area contributed by atoms with Gasteiger partial charge in [0.05, 0.1) is 5.69 Å². The van der Waals surface area contributed by atoms with Gasteiger partial charge < -0.3 is 4.52 Å². The maximum Gasteiger partial charge on any atom is 0.245 e. The van der Waals surface area contributed by atoms with E-state index in [1.807, 2.05) is 52.0 Å². The molecule has 1 aromatic heterocycles. The van der Waals surface area contributed by atoms with E-state index >= 15 is 0 Å². The Kier molecular flexibility index (Phi) is 4.60. The first-order valence-electron chi connectivity index (χ1n) is 7.13. The molecular formula is C17H18N4O2. The van der Waals surface area contributed by atoms with Gasteiger partial charge in [0.2, 0.25) is 11.5 Å². The number of carbonyl (C=O) groups is 1. The summed E-state index contributed by atoms with van der Waals surface area (Å²) in [6.07, 6.45) is 0. The Hall–Kier alpha value is -2.94. The van der Waals surface area contributed by atoms with E-state index in [0.717, 1.165) is 5.56 Å². The van der Waals surface area contributed by atoms with E-state index < -0.39 is 5.78 Å². The number of aryl methyl sites for hydroxylation is 1. The second-order valence-corrected chi connectivity index (χ2v) is 6.21. The Morgan fingerprint density at radius 2 is 1.96 bits per heavy atom. The number of carbonyl (C=O) groups excluding carboxylic acids is 1. The van der Waals surface area contributed by atoms with Crippen molar-refractivity contribution in [2.24, 2.45) is 5.10 Å². The molecule has 1 heterocycles. The van der Waals surface area contributed by atoms with Crippen molar-refractivity contribution in [3.05, 3.63) is 47.3 Å². The molecule has 0 bridgehead atoms. The Morgan fingerprint density at radius 3 is 2.48 bits per heavy atom. The van der Waals surface area contributed by atoms with Gasteiger partial charge in [0.25, 0.3) is 0 Å². The molecule has 0 aliphatic heterocycles. The van der Waals surface area contributed by atoms with Crippen LogP contribution in [0.15, 0.2) is 40.0 Å². The van der Waals surface area contributed by atoms with Crippen molar-refractivity contribution in [1.29, 1.82) is 5.26 Å². The molecule has 0 saturated heterocycles. The fraction of sp³-hybridized carbons (Fsp3) is 0.294. The van der Waals surface area contributed by atoms with E-state index in [1.54, 1.807) is 12.1 Å². The van der Waals surface area contributed by atoms with Crippen LogP contribution in [0.1, 0.15) is 42.6 Å². The standard InChI is InChI=1S/C17H18N4O2/c1-11-5-7-12(8-6-11)19-20-14(10-18)16(22)13-9-15(23-21-13)17(2,3)4/h5-9,19H,1-4H3. The van der Waals surface area contributed by atoms with Crippen molar-refractivity contribution in [3.63, 3.8) is 0 Å². The predicted octanol–water partition coefficient (Wildman–Crippen LogP) is 3.45. The molecule has 118 valence electrons. The first-order valence-corrected chi connectivity index (χ1v) is 7.13. The average molecular weight is 310 g/mol. The summed E-state index contributed by atoms with van der Waals surface area (Å²) in [5, 5.41) is 16.7. The molecule has 6 heteroatoms. The predicted molar refractivity (Wildman–Crippen MR) is 87.4 cm³/mol. The summed E-state index contributed by atoms with van der Waals surface area (Å²) < 4.78 is 5.17. The topological polar surface area (TPSA) is 91.3 Å². The lowest BCUT2D eigenvalue weighted by atomic mass is 9.93. The number of nitrogens with zero attached hydrogens (tertiary/aromatic N) is 3. The van der Waals surface area contributed by atoms with E-state index in [1.165, 1.54) is 0 Å². The molecule has 0 radical (unpaired) electrons. The minimum absolute atomic E-state index is 0.0703. The summed E-state index contributed by atoms with van der Waals surface area (Å²) in [6.45, 7) is 7.80. The van der Waals surface area contributed by atoms with Crippen molar-refractivity contribution in [2.75, 3.05) is 5.43 Å². The fourth-order valence-electron chi connectivity index (χ4n) is 1.73. The van der Waals surface area contributed by atoms with E-state index in [2.05, 4.69) is 15.7 Å². The molecule has 2 rings (SSSR count). The number of hydrazone groups is 1. The lowest BCUT2D eigenvalue weighted by Crippen LogP contribution is -2.15. The largest absolute Gasteiger partial charge is 0.360 e. The Labute approximate surface area is 134 Å². The Bertz CT molecular complexity index is 774. The minimum Gasteiger partial charge on any atom is -0.360 e. The first-order chi connectivity index (χ1) is 10.8. The second-order valence-electron chi connectivity index (χ2n) is 6.21. The smallest absolute Gasteiger partial charge is 0.245 e. The SMILES string of the molecule is Cc1ccc(NN=C(C#N)C(=O)c2cc(C(C)(C)C)on2)cc1. The van der Waals surface area contributed by atoms with E-state index in [-0.39, 0.29) is 16.8 Å². The van der Waals surface area contributed by atoms with Gasteiger partial charge >= 0.3 is 0 Å². The molecule has 0 saturated carbocycles. The van der Waals surface area contributed by atoms with Gasteiger partial charge in [-0.25, -0.2) is 0 Å². The van der Waals surface area contributed by atoms with Gasteiger partial charge in [-0.1, -0.05) is 43.6 Å². The van der Waals surface area contributed by atoms with Crippen LogP contribution in [0.3, 0.4) is 0 Å². The fourth-order valence-corrected chi connectivity index (χ4v) is 1.73. The monoisotopic (exact) mass is 310 g/mol. The molecule has 0 amide bonds. The molecule has 1 N–H and O–H groups in total. The average Bonchev–Trinajstić information content (AvgIpc) is 2.99. The van der Waals surface area contributed by atoms with Crippen LogP contribution in [0.25, 0.3) is 0 Å². The summed E-state index contributed by atoms with van der Waals surface area (Å²) >= 11 is 0. The van der Waals surface area contributed by atoms with Gasteiger partial charge in [-0.3, -0.25) is 10.2 Å². The number of anilines is 1. The van der Waals surface area contributed by atoms with Crippen LogP contribution in [-0.2, 0) is 5.41 Å². The number of rotatable bonds is 4. The van der Waals surface area contributed by atoms with Gasteiger partial charge in [0.1, 0.15) is 11.8 Å². The van der Waals surface area contributed by atoms with Gasteiger partial charge in [0.15, 0.2) is 5.69 Å². The van der Waals surface area contributed by atoms with Gasteiger partial charge in [-0.05, 0) is 19.1 Å². The van der Waals surface area contributed by atoms with Crippen molar-refractivity contribution >= 4 is 17.2 Å². The molecule has 2 aromatic rings. The lowest BCUT2D eigenvalue weighted by Gasteiger charge is -2.11. The quantitative estimate of drug-likeness (QED) is 0.530. The highest BCUT2D eigenvalue weighted by Crippen LogP contribution is 2.22. The van der Waals surface area contributed by atoms with E-state index in [0.29, 0.717) is 11.4 Å². The van der Waals surface area contributed by atoms with Crippen LogP contribution in [-0.4, -0.2) is 16.7 Å². The molecule has 0 aliphatic carbocycles. The first kappa shape index (κ1) is 16.4. The molecule has 1 aromatic carbocycles. The third kappa shape index (κ3) is 4.04. The third-order valence-corrected chi connectivity index (χ3v) is 3.15. The maximum absolute atomic E-state index is 12.3. The van der Waals surface area contributed by atoms with Gasteiger partial charge in [-0.15, -0.1) is 0 Å². The molecular weight excluding hydrogens is 292 g/mol. The molecule has 0 fully saturated rings. The van der Waals surface area contributed by atoms with Crippen LogP contribution in [0.4, 0.5) is 5.69 Å². The number of hydrogen-bond donors (Lipinski definition) is 1. The second kappa shape index (κ2) is 6.44.